The van der Waals surface area contributed by atoms with Crippen LogP contribution in [0, 0.1) is 11.8 Å². The van der Waals surface area contributed by atoms with Crippen molar-refractivity contribution in [3.05, 3.63) is 0 Å². The van der Waals surface area contributed by atoms with Crippen LogP contribution in [0.25, 0.3) is 0 Å². The molecule has 0 aromatic carbocycles. The summed E-state index contributed by atoms with van der Waals surface area (Å²) in [4.78, 5) is 0. The molecule has 1 saturated heterocycles. The quantitative estimate of drug-likeness (QED) is 0.564. The van der Waals surface area contributed by atoms with Gasteiger partial charge in [0.05, 0.1) is 0 Å². The Morgan fingerprint density at radius 1 is 1.44 bits per heavy atom. The van der Waals surface area contributed by atoms with Crippen molar-refractivity contribution in [1.82, 2.24) is 5.32 Å². The Kier molecular flexibility index (Phi) is 2.12. The summed E-state index contributed by atoms with van der Waals surface area (Å²) in [5.41, 5.74) is 0. The van der Waals surface area contributed by atoms with Gasteiger partial charge in [0.15, 0.2) is 0 Å². The van der Waals surface area contributed by atoms with Crippen molar-refractivity contribution in [2.75, 3.05) is 6.54 Å². The van der Waals surface area contributed by atoms with Crippen molar-refractivity contribution in [2.45, 2.75) is 33.2 Å². The molecule has 0 aliphatic carbocycles. The summed E-state index contributed by atoms with van der Waals surface area (Å²) in [5.74, 6) is 1.79. The molecular formula is C8H17N. The third-order valence-electron chi connectivity index (χ3n) is 2.33. The minimum absolute atomic E-state index is 0.761. The minimum atomic E-state index is 0.761. The van der Waals surface area contributed by atoms with Crippen LogP contribution >= 0.6 is 0 Å². The molecule has 1 aliphatic rings. The second-order valence-corrected chi connectivity index (χ2v) is 3.55. The molecule has 1 heterocycles. The molecule has 0 bridgehead atoms. The highest BCUT2D eigenvalue weighted by molar-refractivity contribution is 4.79. The Bertz CT molecular complexity index is 88.6. The second kappa shape index (κ2) is 2.70. The molecule has 9 heavy (non-hydrogen) atoms. The van der Waals surface area contributed by atoms with Gasteiger partial charge in [0.2, 0.25) is 0 Å². The molecule has 1 N–H and O–H groups in total. The lowest BCUT2D eigenvalue weighted by Crippen LogP contribution is -2.17. The standard InChI is InChI=1S/C8H17N/c1-6(2)8-4-7(3)9-5-8/h6-9H,4-5H2,1-3H3. The maximum Gasteiger partial charge on any atom is 0.00420 e. The average Bonchev–Trinajstić information content (AvgIpc) is 2.14. The highest BCUT2D eigenvalue weighted by atomic mass is 14.9. The predicted octanol–water partition coefficient (Wildman–Crippen LogP) is 1.64. The van der Waals surface area contributed by atoms with Gasteiger partial charge < -0.3 is 5.32 Å². The van der Waals surface area contributed by atoms with Gasteiger partial charge in [0, 0.05) is 6.04 Å². The van der Waals surface area contributed by atoms with Gasteiger partial charge in [-0.15, -0.1) is 0 Å². The van der Waals surface area contributed by atoms with E-state index in [-0.39, 0.29) is 0 Å². The SMILES string of the molecule is CC1CC(C(C)C)CN1. The Morgan fingerprint density at radius 2 is 2.11 bits per heavy atom. The van der Waals surface area contributed by atoms with Gasteiger partial charge in [0.25, 0.3) is 0 Å². The lowest BCUT2D eigenvalue weighted by atomic mass is 9.94. The summed E-state index contributed by atoms with van der Waals surface area (Å²) in [6.45, 7) is 8.12. The summed E-state index contributed by atoms with van der Waals surface area (Å²) in [7, 11) is 0. The van der Waals surface area contributed by atoms with E-state index < -0.39 is 0 Å². The molecule has 2 unspecified atom stereocenters. The molecule has 0 saturated carbocycles. The van der Waals surface area contributed by atoms with Gasteiger partial charge in [-0.05, 0) is 31.7 Å². The van der Waals surface area contributed by atoms with Crippen LogP contribution in [0.5, 0.6) is 0 Å². The van der Waals surface area contributed by atoms with Gasteiger partial charge in [-0.2, -0.15) is 0 Å². The molecule has 54 valence electrons. The fourth-order valence-corrected chi connectivity index (χ4v) is 1.48. The van der Waals surface area contributed by atoms with E-state index in [1.54, 1.807) is 0 Å². The summed E-state index contributed by atoms with van der Waals surface area (Å²) in [6.07, 6.45) is 1.37. The first-order chi connectivity index (χ1) is 4.20. The van der Waals surface area contributed by atoms with Crippen LogP contribution in [0.3, 0.4) is 0 Å². The molecule has 1 heteroatoms. The first kappa shape index (κ1) is 7.07. The van der Waals surface area contributed by atoms with Crippen LogP contribution in [-0.4, -0.2) is 12.6 Å². The number of rotatable bonds is 1. The van der Waals surface area contributed by atoms with Crippen LogP contribution in [-0.2, 0) is 0 Å². The van der Waals surface area contributed by atoms with Gasteiger partial charge >= 0.3 is 0 Å². The Morgan fingerprint density at radius 3 is 2.33 bits per heavy atom. The van der Waals surface area contributed by atoms with Gasteiger partial charge in [0.1, 0.15) is 0 Å². The minimum Gasteiger partial charge on any atom is -0.314 e. The molecular weight excluding hydrogens is 110 g/mol. The molecule has 2 atom stereocenters. The molecule has 1 fully saturated rings. The van der Waals surface area contributed by atoms with Gasteiger partial charge in [-0.1, -0.05) is 13.8 Å². The number of hydrogen-bond acceptors (Lipinski definition) is 1. The van der Waals surface area contributed by atoms with E-state index in [1.807, 2.05) is 0 Å². The van der Waals surface area contributed by atoms with Crippen LogP contribution in [0.2, 0.25) is 0 Å². The van der Waals surface area contributed by atoms with E-state index in [1.165, 1.54) is 13.0 Å². The third kappa shape index (κ3) is 1.68. The van der Waals surface area contributed by atoms with Crippen LogP contribution in [0.15, 0.2) is 0 Å². The maximum atomic E-state index is 3.45. The zero-order valence-corrected chi connectivity index (χ0v) is 6.65. The predicted molar refractivity (Wildman–Crippen MR) is 40.4 cm³/mol. The molecule has 1 rings (SSSR count). The molecule has 0 radical (unpaired) electrons. The van der Waals surface area contributed by atoms with Crippen molar-refractivity contribution in [3.63, 3.8) is 0 Å². The van der Waals surface area contributed by atoms with Crippen LogP contribution in [0.1, 0.15) is 27.2 Å². The summed E-state index contributed by atoms with van der Waals surface area (Å²) < 4.78 is 0. The van der Waals surface area contributed by atoms with Crippen molar-refractivity contribution < 1.29 is 0 Å². The zero-order valence-electron chi connectivity index (χ0n) is 6.65. The fraction of sp³-hybridized carbons (Fsp3) is 1.00. The average molecular weight is 127 g/mol. The van der Waals surface area contributed by atoms with E-state index >= 15 is 0 Å². The topological polar surface area (TPSA) is 12.0 Å². The highest BCUT2D eigenvalue weighted by Gasteiger charge is 2.22. The number of nitrogens with one attached hydrogen (secondary N) is 1. The van der Waals surface area contributed by atoms with Crippen LogP contribution < -0.4 is 5.32 Å². The fourth-order valence-electron chi connectivity index (χ4n) is 1.48. The normalized spacial score (nSPS) is 36.0. The van der Waals surface area contributed by atoms with Crippen LogP contribution in [0.4, 0.5) is 0 Å². The lowest BCUT2D eigenvalue weighted by molar-refractivity contribution is 0.413. The first-order valence-electron chi connectivity index (χ1n) is 3.93. The molecule has 0 aromatic heterocycles. The van der Waals surface area contributed by atoms with E-state index in [9.17, 15) is 0 Å². The van der Waals surface area contributed by atoms with Crippen molar-refractivity contribution in [2.24, 2.45) is 11.8 Å². The largest absolute Gasteiger partial charge is 0.314 e. The Labute approximate surface area is 57.8 Å². The van der Waals surface area contributed by atoms with E-state index in [0.717, 1.165) is 17.9 Å². The van der Waals surface area contributed by atoms with Crippen molar-refractivity contribution in [1.29, 1.82) is 0 Å². The lowest BCUT2D eigenvalue weighted by Gasteiger charge is -2.11. The van der Waals surface area contributed by atoms with E-state index in [4.69, 9.17) is 0 Å². The Hall–Kier alpha value is -0.0400. The summed E-state index contributed by atoms with van der Waals surface area (Å²) in [5, 5.41) is 3.45. The van der Waals surface area contributed by atoms with Crippen molar-refractivity contribution in [3.8, 4) is 0 Å². The molecule has 0 spiro atoms. The zero-order chi connectivity index (χ0) is 6.85. The number of hydrogen-bond donors (Lipinski definition) is 1. The molecule has 1 nitrogen and oxygen atoms in total. The first-order valence-corrected chi connectivity index (χ1v) is 3.93. The monoisotopic (exact) mass is 127 g/mol. The third-order valence-corrected chi connectivity index (χ3v) is 2.33. The molecule has 0 aromatic rings. The molecule has 0 amide bonds. The maximum absolute atomic E-state index is 3.45. The second-order valence-electron chi connectivity index (χ2n) is 3.55. The summed E-state index contributed by atoms with van der Waals surface area (Å²) >= 11 is 0. The van der Waals surface area contributed by atoms with Gasteiger partial charge in [-0.3, -0.25) is 0 Å². The Balaban J connectivity index is 2.30. The molecule has 1 aliphatic heterocycles. The van der Waals surface area contributed by atoms with E-state index in [0.29, 0.717) is 0 Å². The smallest absolute Gasteiger partial charge is 0.00420 e. The van der Waals surface area contributed by atoms with E-state index in [2.05, 4.69) is 26.1 Å². The highest BCUT2D eigenvalue weighted by Crippen LogP contribution is 2.20. The van der Waals surface area contributed by atoms with Crippen molar-refractivity contribution >= 4 is 0 Å². The summed E-state index contributed by atoms with van der Waals surface area (Å²) in [6, 6.07) is 0.761. The van der Waals surface area contributed by atoms with Gasteiger partial charge in [-0.25, -0.2) is 0 Å².